The first-order valence-electron chi connectivity index (χ1n) is 7.00. The Balaban J connectivity index is 2.26. The zero-order valence-electron chi connectivity index (χ0n) is 12.2. The number of nitrogens with one attached hydrogen (secondary N) is 1. The summed E-state index contributed by atoms with van der Waals surface area (Å²) in [7, 11) is 1.98. The molecular weight excluding hydrogens is 441 g/mol. The number of halogens is 2. The van der Waals surface area contributed by atoms with E-state index in [0.29, 0.717) is 0 Å². The molecule has 0 saturated heterocycles. The van der Waals surface area contributed by atoms with Gasteiger partial charge in [0.05, 0.1) is 12.6 Å². The van der Waals surface area contributed by atoms with Crippen LogP contribution in [0.2, 0.25) is 0 Å². The van der Waals surface area contributed by atoms with Crippen molar-refractivity contribution in [2.24, 2.45) is 0 Å². The van der Waals surface area contributed by atoms with Crippen molar-refractivity contribution in [3.8, 4) is 5.75 Å². The van der Waals surface area contributed by atoms with E-state index in [1.54, 1.807) is 0 Å². The van der Waals surface area contributed by atoms with Gasteiger partial charge in [-0.1, -0.05) is 35.0 Å². The molecule has 0 saturated carbocycles. The normalized spacial score (nSPS) is 12.2. The van der Waals surface area contributed by atoms with Gasteiger partial charge in [-0.25, -0.2) is 0 Å². The highest BCUT2D eigenvalue weighted by molar-refractivity contribution is 14.1. The van der Waals surface area contributed by atoms with Gasteiger partial charge in [-0.15, -0.1) is 0 Å². The predicted molar refractivity (Wildman–Crippen MR) is 100.0 cm³/mol. The molecule has 2 aromatic rings. The zero-order chi connectivity index (χ0) is 15.2. The molecule has 0 fully saturated rings. The van der Waals surface area contributed by atoms with E-state index in [4.69, 9.17) is 4.74 Å². The van der Waals surface area contributed by atoms with Crippen LogP contribution in [0, 0.1) is 3.57 Å². The van der Waals surface area contributed by atoms with E-state index in [0.717, 1.165) is 23.2 Å². The van der Waals surface area contributed by atoms with Crippen molar-refractivity contribution in [3.63, 3.8) is 0 Å². The number of hydrogen-bond donors (Lipinski definition) is 1. The molecule has 1 atom stereocenters. The Morgan fingerprint density at radius 3 is 2.52 bits per heavy atom. The Labute approximate surface area is 148 Å². The molecule has 0 aliphatic heterocycles. The van der Waals surface area contributed by atoms with Crippen LogP contribution in [0.1, 0.15) is 30.5 Å². The van der Waals surface area contributed by atoms with Crippen LogP contribution in [0.25, 0.3) is 0 Å². The molecule has 0 spiro atoms. The minimum Gasteiger partial charge on any atom is -0.494 e. The third-order valence-electron chi connectivity index (χ3n) is 3.24. The topological polar surface area (TPSA) is 21.3 Å². The van der Waals surface area contributed by atoms with Crippen molar-refractivity contribution in [3.05, 3.63) is 61.6 Å². The number of rotatable bonds is 6. The Hall–Kier alpha value is -0.590. The van der Waals surface area contributed by atoms with Gasteiger partial charge in [0.2, 0.25) is 0 Å². The Morgan fingerprint density at radius 1 is 1.19 bits per heavy atom. The zero-order valence-corrected chi connectivity index (χ0v) is 15.9. The second-order valence-corrected chi connectivity index (χ2v) is 6.90. The maximum atomic E-state index is 5.64. The van der Waals surface area contributed by atoms with Gasteiger partial charge in [0.15, 0.2) is 0 Å². The number of ether oxygens (including phenoxy) is 1. The standard InChI is InChI=1S/C17H19BrINO/c1-3-10-21-14-7-4-12(5-8-14)17(20-2)15-11-13(19)6-9-16(15)18/h4-9,11,17,20H,3,10H2,1-2H3. The molecule has 0 aromatic heterocycles. The van der Waals surface area contributed by atoms with Crippen molar-refractivity contribution in [2.45, 2.75) is 19.4 Å². The molecule has 112 valence electrons. The fraction of sp³-hybridized carbons (Fsp3) is 0.294. The van der Waals surface area contributed by atoms with Crippen LogP contribution in [-0.2, 0) is 0 Å². The van der Waals surface area contributed by atoms with Gasteiger partial charge in [-0.05, 0) is 77.5 Å². The summed E-state index contributed by atoms with van der Waals surface area (Å²) in [6, 6.07) is 14.9. The van der Waals surface area contributed by atoms with E-state index >= 15 is 0 Å². The third-order valence-corrected chi connectivity index (χ3v) is 4.64. The van der Waals surface area contributed by atoms with E-state index in [2.05, 4.69) is 81.1 Å². The molecular formula is C17H19BrINO. The monoisotopic (exact) mass is 459 g/mol. The molecule has 0 bridgehead atoms. The number of benzene rings is 2. The summed E-state index contributed by atoms with van der Waals surface area (Å²) in [6.45, 7) is 2.87. The molecule has 2 rings (SSSR count). The van der Waals surface area contributed by atoms with Gasteiger partial charge >= 0.3 is 0 Å². The summed E-state index contributed by atoms with van der Waals surface area (Å²) in [6.07, 6.45) is 1.02. The van der Waals surface area contributed by atoms with Gasteiger partial charge < -0.3 is 10.1 Å². The lowest BCUT2D eigenvalue weighted by Gasteiger charge is -2.19. The average Bonchev–Trinajstić information content (AvgIpc) is 2.50. The summed E-state index contributed by atoms with van der Waals surface area (Å²) >= 11 is 5.99. The molecule has 21 heavy (non-hydrogen) atoms. The third kappa shape index (κ3) is 4.44. The fourth-order valence-corrected chi connectivity index (χ4v) is 3.20. The fourth-order valence-electron chi connectivity index (χ4n) is 2.21. The van der Waals surface area contributed by atoms with E-state index in [1.165, 1.54) is 14.7 Å². The smallest absolute Gasteiger partial charge is 0.119 e. The molecule has 0 radical (unpaired) electrons. The lowest BCUT2D eigenvalue weighted by Crippen LogP contribution is -2.18. The van der Waals surface area contributed by atoms with Crippen LogP contribution in [0.15, 0.2) is 46.9 Å². The van der Waals surface area contributed by atoms with Gasteiger partial charge in [0.1, 0.15) is 5.75 Å². The van der Waals surface area contributed by atoms with Gasteiger partial charge in [-0.3, -0.25) is 0 Å². The first-order chi connectivity index (χ1) is 10.2. The van der Waals surface area contributed by atoms with Crippen LogP contribution < -0.4 is 10.1 Å². The molecule has 0 heterocycles. The van der Waals surface area contributed by atoms with Crippen LogP contribution in [0.5, 0.6) is 5.75 Å². The van der Waals surface area contributed by atoms with E-state index in [9.17, 15) is 0 Å². The molecule has 0 aliphatic carbocycles. The van der Waals surface area contributed by atoms with E-state index in [-0.39, 0.29) is 6.04 Å². The maximum Gasteiger partial charge on any atom is 0.119 e. The van der Waals surface area contributed by atoms with Crippen LogP contribution in [-0.4, -0.2) is 13.7 Å². The summed E-state index contributed by atoms with van der Waals surface area (Å²) in [5.74, 6) is 0.928. The SMILES string of the molecule is CCCOc1ccc(C(NC)c2cc(I)ccc2Br)cc1. The van der Waals surface area contributed by atoms with Crippen LogP contribution in [0.3, 0.4) is 0 Å². The molecule has 2 nitrogen and oxygen atoms in total. The molecule has 1 N–H and O–H groups in total. The molecule has 2 aromatic carbocycles. The summed E-state index contributed by atoms with van der Waals surface area (Å²) in [5.41, 5.74) is 2.47. The van der Waals surface area contributed by atoms with Gasteiger partial charge in [-0.2, -0.15) is 0 Å². The molecule has 4 heteroatoms. The molecule has 1 unspecified atom stereocenters. The largest absolute Gasteiger partial charge is 0.494 e. The van der Waals surface area contributed by atoms with Crippen molar-refractivity contribution in [1.29, 1.82) is 0 Å². The molecule has 0 aliphatic rings. The highest BCUT2D eigenvalue weighted by Crippen LogP contribution is 2.30. The second-order valence-electron chi connectivity index (χ2n) is 4.81. The minimum atomic E-state index is 0.161. The highest BCUT2D eigenvalue weighted by Gasteiger charge is 2.15. The van der Waals surface area contributed by atoms with Crippen LogP contribution in [0.4, 0.5) is 0 Å². The van der Waals surface area contributed by atoms with Crippen LogP contribution >= 0.6 is 38.5 Å². The highest BCUT2D eigenvalue weighted by atomic mass is 127. The van der Waals surface area contributed by atoms with Gasteiger partial charge in [0, 0.05) is 8.04 Å². The lowest BCUT2D eigenvalue weighted by molar-refractivity contribution is 0.317. The quantitative estimate of drug-likeness (QED) is 0.603. The predicted octanol–water partition coefficient (Wildman–Crippen LogP) is 5.15. The lowest BCUT2D eigenvalue weighted by atomic mass is 9.99. The number of hydrogen-bond acceptors (Lipinski definition) is 2. The first kappa shape index (κ1) is 16.8. The summed E-state index contributed by atoms with van der Waals surface area (Å²) < 4.78 is 7.99. The van der Waals surface area contributed by atoms with Gasteiger partial charge in [0.25, 0.3) is 0 Å². The minimum absolute atomic E-state index is 0.161. The Bertz CT molecular complexity index is 586. The summed E-state index contributed by atoms with van der Waals surface area (Å²) in [4.78, 5) is 0. The van der Waals surface area contributed by atoms with Crippen molar-refractivity contribution in [2.75, 3.05) is 13.7 Å². The Morgan fingerprint density at radius 2 is 1.90 bits per heavy atom. The summed E-state index contributed by atoms with van der Waals surface area (Å²) in [5, 5.41) is 3.39. The average molecular weight is 460 g/mol. The molecule has 0 amide bonds. The second kappa shape index (κ2) is 8.15. The first-order valence-corrected chi connectivity index (χ1v) is 8.88. The van der Waals surface area contributed by atoms with Crippen molar-refractivity contribution in [1.82, 2.24) is 5.32 Å². The van der Waals surface area contributed by atoms with E-state index in [1.807, 2.05) is 19.2 Å². The Kier molecular flexibility index (Phi) is 6.51. The van der Waals surface area contributed by atoms with Crippen molar-refractivity contribution < 1.29 is 4.74 Å². The maximum absolute atomic E-state index is 5.64. The van der Waals surface area contributed by atoms with E-state index < -0.39 is 0 Å². The van der Waals surface area contributed by atoms with Crippen molar-refractivity contribution >= 4 is 38.5 Å².